The van der Waals surface area contributed by atoms with Crippen molar-refractivity contribution in [2.24, 2.45) is 0 Å². The summed E-state index contributed by atoms with van der Waals surface area (Å²) < 4.78 is 1.03. The normalized spacial score (nSPS) is 10.4. The lowest BCUT2D eigenvalue weighted by Crippen LogP contribution is -2.06. The molecule has 0 unspecified atom stereocenters. The number of hydrogen-bond acceptors (Lipinski definition) is 5. The molecule has 0 aliphatic rings. The molecule has 2 heterocycles. The Morgan fingerprint density at radius 2 is 2.33 bits per heavy atom. The highest BCUT2D eigenvalue weighted by atomic mass is 79.9. The summed E-state index contributed by atoms with van der Waals surface area (Å²) >= 11 is 11.0. The van der Waals surface area contributed by atoms with Crippen molar-refractivity contribution >= 4 is 51.0 Å². The van der Waals surface area contributed by atoms with Crippen LogP contribution in [0.5, 0.6) is 0 Å². The number of aldehydes is 1. The van der Waals surface area contributed by atoms with E-state index in [1.807, 2.05) is 11.4 Å². The van der Waals surface area contributed by atoms with E-state index in [1.54, 1.807) is 18.3 Å². The number of nitrogens with one attached hydrogen (secondary N) is 1. The average Bonchev–Trinajstić information content (AvgIpc) is 2.71. The van der Waals surface area contributed by atoms with Crippen LogP contribution in [0.1, 0.15) is 21.1 Å². The van der Waals surface area contributed by atoms with Gasteiger partial charge in [-0.25, -0.2) is 9.97 Å². The minimum atomic E-state index is 0.172. The van der Waals surface area contributed by atoms with Crippen LogP contribution in [0.2, 0.25) is 5.15 Å². The minimum Gasteiger partial charge on any atom is -0.364 e. The molecule has 2 aromatic heterocycles. The van der Waals surface area contributed by atoms with E-state index in [1.165, 1.54) is 0 Å². The molecule has 0 spiro atoms. The Labute approximate surface area is 122 Å². The highest BCUT2D eigenvalue weighted by molar-refractivity contribution is 9.10. The largest absolute Gasteiger partial charge is 0.364 e. The van der Waals surface area contributed by atoms with E-state index in [2.05, 4.69) is 31.2 Å². The fraction of sp³-hybridized carbons (Fsp3) is 0.182. The van der Waals surface area contributed by atoms with Gasteiger partial charge in [-0.05, 0) is 34.3 Å². The molecule has 0 radical (unpaired) electrons. The van der Waals surface area contributed by atoms with Gasteiger partial charge in [-0.3, -0.25) is 4.79 Å². The number of aryl methyl sites for hydroxylation is 1. The molecular weight excluding hydrogens is 338 g/mol. The summed E-state index contributed by atoms with van der Waals surface area (Å²) in [7, 11) is 0. The van der Waals surface area contributed by atoms with Gasteiger partial charge in [-0.15, -0.1) is 11.3 Å². The molecule has 0 saturated heterocycles. The molecule has 0 aromatic carbocycles. The molecule has 0 saturated carbocycles. The molecule has 2 rings (SSSR count). The Morgan fingerprint density at radius 3 is 2.94 bits per heavy atom. The molecule has 0 bridgehead atoms. The minimum absolute atomic E-state index is 0.172. The third kappa shape index (κ3) is 2.88. The molecule has 18 heavy (non-hydrogen) atoms. The second-order valence-electron chi connectivity index (χ2n) is 3.49. The van der Waals surface area contributed by atoms with Crippen LogP contribution in [0.15, 0.2) is 15.9 Å². The van der Waals surface area contributed by atoms with Gasteiger partial charge < -0.3 is 5.32 Å². The summed E-state index contributed by atoms with van der Waals surface area (Å²) in [4.78, 5) is 20.2. The highest BCUT2D eigenvalue weighted by Crippen LogP contribution is 2.25. The summed E-state index contributed by atoms with van der Waals surface area (Å²) in [6, 6.07) is 1.97. The first-order valence-electron chi connectivity index (χ1n) is 5.07. The molecular formula is C11H9BrClN3OS. The lowest BCUT2D eigenvalue weighted by molar-refractivity contribution is 0.112. The lowest BCUT2D eigenvalue weighted by Gasteiger charge is -2.08. The lowest BCUT2D eigenvalue weighted by atomic mass is 10.3. The molecule has 0 aliphatic heterocycles. The first kappa shape index (κ1) is 13.5. The van der Waals surface area contributed by atoms with Gasteiger partial charge >= 0.3 is 0 Å². The van der Waals surface area contributed by atoms with E-state index in [0.717, 1.165) is 9.35 Å². The number of hydrogen-bond donors (Lipinski definition) is 1. The zero-order chi connectivity index (χ0) is 13.1. The van der Waals surface area contributed by atoms with Crippen LogP contribution in [0.4, 0.5) is 5.82 Å². The Kier molecular flexibility index (Phi) is 4.31. The number of rotatable bonds is 4. The molecule has 1 N–H and O–H groups in total. The van der Waals surface area contributed by atoms with E-state index in [-0.39, 0.29) is 10.7 Å². The van der Waals surface area contributed by atoms with Crippen molar-refractivity contribution in [1.29, 1.82) is 0 Å². The average molecular weight is 347 g/mol. The van der Waals surface area contributed by atoms with Crippen molar-refractivity contribution < 1.29 is 4.79 Å². The number of carbonyl (C=O) groups excluding carboxylic acids is 1. The molecule has 94 valence electrons. The van der Waals surface area contributed by atoms with Crippen molar-refractivity contribution in [3.8, 4) is 0 Å². The van der Waals surface area contributed by atoms with Crippen LogP contribution >= 0.6 is 38.9 Å². The molecule has 7 heteroatoms. The van der Waals surface area contributed by atoms with E-state index in [4.69, 9.17) is 11.6 Å². The molecule has 0 fully saturated rings. The van der Waals surface area contributed by atoms with Crippen molar-refractivity contribution in [3.63, 3.8) is 0 Å². The van der Waals surface area contributed by atoms with E-state index in [9.17, 15) is 4.79 Å². The zero-order valence-corrected chi connectivity index (χ0v) is 12.6. The van der Waals surface area contributed by atoms with Gasteiger partial charge in [0.05, 0.1) is 12.1 Å². The Hall–Kier alpha value is -0.980. The van der Waals surface area contributed by atoms with Crippen LogP contribution < -0.4 is 5.32 Å². The number of nitrogens with zero attached hydrogens (tertiary/aromatic N) is 2. The van der Waals surface area contributed by atoms with Crippen LogP contribution in [-0.2, 0) is 6.54 Å². The van der Waals surface area contributed by atoms with Gasteiger partial charge in [0.2, 0.25) is 0 Å². The van der Waals surface area contributed by atoms with Crippen molar-refractivity contribution in [2.45, 2.75) is 13.5 Å². The molecule has 2 aromatic rings. The van der Waals surface area contributed by atoms with Crippen LogP contribution in [0, 0.1) is 6.92 Å². The molecule has 0 atom stereocenters. The summed E-state index contributed by atoms with van der Waals surface area (Å²) in [6.07, 6.45) is 0.660. The maximum Gasteiger partial charge on any atom is 0.156 e. The first-order chi connectivity index (χ1) is 8.61. The van der Waals surface area contributed by atoms with Crippen molar-refractivity contribution in [2.75, 3.05) is 5.32 Å². The topological polar surface area (TPSA) is 54.9 Å². The number of carbonyl (C=O) groups is 1. The zero-order valence-electron chi connectivity index (χ0n) is 9.41. The second kappa shape index (κ2) is 5.77. The van der Waals surface area contributed by atoms with Gasteiger partial charge in [0.15, 0.2) is 6.29 Å². The van der Waals surface area contributed by atoms with Crippen molar-refractivity contribution in [1.82, 2.24) is 9.97 Å². The monoisotopic (exact) mass is 345 g/mol. The smallest absolute Gasteiger partial charge is 0.156 e. The Morgan fingerprint density at radius 1 is 1.56 bits per heavy atom. The van der Waals surface area contributed by atoms with Crippen LogP contribution in [0.25, 0.3) is 0 Å². The predicted molar refractivity (Wildman–Crippen MR) is 76.5 cm³/mol. The SMILES string of the molecule is Cc1nc(Cl)c(C=O)c(NCc2sccc2Br)n1. The van der Waals surface area contributed by atoms with E-state index >= 15 is 0 Å². The van der Waals surface area contributed by atoms with Crippen LogP contribution in [0.3, 0.4) is 0 Å². The number of anilines is 1. The summed E-state index contributed by atoms with van der Waals surface area (Å²) in [5.41, 5.74) is 0.287. The highest BCUT2D eigenvalue weighted by Gasteiger charge is 2.11. The quantitative estimate of drug-likeness (QED) is 0.677. The van der Waals surface area contributed by atoms with Crippen LogP contribution in [-0.4, -0.2) is 16.3 Å². The van der Waals surface area contributed by atoms with Gasteiger partial charge in [-0.1, -0.05) is 11.6 Å². The Balaban J connectivity index is 2.23. The van der Waals surface area contributed by atoms with Gasteiger partial charge in [0.25, 0.3) is 0 Å². The summed E-state index contributed by atoms with van der Waals surface area (Å²) in [5, 5.41) is 5.26. The fourth-order valence-corrected chi connectivity index (χ4v) is 3.09. The number of aromatic nitrogens is 2. The molecule has 0 amide bonds. The van der Waals surface area contributed by atoms with E-state index < -0.39 is 0 Å². The standard InChI is InChI=1S/C11H9BrClN3OS/c1-6-15-10(13)7(5-17)11(16-6)14-4-9-8(12)2-3-18-9/h2-3,5H,4H2,1H3,(H,14,15,16). The summed E-state index contributed by atoms with van der Waals surface area (Å²) in [5.74, 6) is 0.987. The number of thiophene rings is 1. The van der Waals surface area contributed by atoms with Gasteiger partial charge in [0, 0.05) is 9.35 Å². The maximum atomic E-state index is 11.0. The third-order valence-corrected chi connectivity index (χ3v) is 4.45. The second-order valence-corrected chi connectivity index (χ2v) is 5.70. The van der Waals surface area contributed by atoms with E-state index in [0.29, 0.717) is 24.5 Å². The molecule has 0 aliphatic carbocycles. The third-order valence-electron chi connectivity index (χ3n) is 2.24. The van der Waals surface area contributed by atoms with Gasteiger partial charge in [0.1, 0.15) is 16.8 Å². The number of halogens is 2. The Bertz CT molecular complexity index is 588. The maximum absolute atomic E-state index is 11.0. The predicted octanol–water partition coefficient (Wildman–Crippen LogP) is 3.69. The molecule has 4 nitrogen and oxygen atoms in total. The van der Waals surface area contributed by atoms with Gasteiger partial charge in [-0.2, -0.15) is 0 Å². The summed E-state index contributed by atoms with van der Waals surface area (Å²) in [6.45, 7) is 2.30. The fourth-order valence-electron chi connectivity index (χ4n) is 1.40. The first-order valence-corrected chi connectivity index (χ1v) is 7.12. The van der Waals surface area contributed by atoms with Crippen molar-refractivity contribution in [3.05, 3.63) is 37.3 Å².